The fourth-order valence-electron chi connectivity index (χ4n) is 1.75. The van der Waals surface area contributed by atoms with Crippen LogP contribution in [0.3, 0.4) is 0 Å². The molecule has 2 aromatic rings. The maximum atomic E-state index is 12.1. The number of alkyl halides is 3. The predicted molar refractivity (Wildman–Crippen MR) is 89.9 cm³/mol. The molecule has 0 aliphatic rings. The minimum absolute atomic E-state index is 0. The Balaban J connectivity index is 0.00000288. The average molecular weight is 384 g/mol. The van der Waals surface area contributed by atoms with Gasteiger partial charge in [0, 0.05) is 12.5 Å². The SMILES string of the molecule is CC(N)CCC(=O)Nc1nc2ccc(OCC(F)(F)F)cc2s1.Cl. The molecule has 0 spiro atoms. The van der Waals surface area contributed by atoms with Gasteiger partial charge in [0.25, 0.3) is 0 Å². The number of nitrogens with two attached hydrogens (primary N) is 1. The normalized spacial score (nSPS) is 12.5. The number of halogens is 4. The van der Waals surface area contributed by atoms with Crippen molar-refractivity contribution in [2.24, 2.45) is 5.73 Å². The van der Waals surface area contributed by atoms with E-state index in [9.17, 15) is 18.0 Å². The number of nitrogens with zero attached hydrogens (tertiary/aromatic N) is 1. The lowest BCUT2D eigenvalue weighted by molar-refractivity contribution is -0.153. The monoisotopic (exact) mass is 383 g/mol. The van der Waals surface area contributed by atoms with E-state index in [0.29, 0.717) is 21.8 Å². The lowest BCUT2D eigenvalue weighted by Gasteiger charge is -2.08. The Kier molecular flexibility index (Phi) is 7.25. The molecule has 1 amide bonds. The van der Waals surface area contributed by atoms with Crippen molar-refractivity contribution in [2.45, 2.75) is 32.0 Å². The zero-order valence-electron chi connectivity index (χ0n) is 12.7. The van der Waals surface area contributed by atoms with Crippen molar-refractivity contribution in [3.05, 3.63) is 18.2 Å². The number of thiazole rings is 1. The lowest BCUT2D eigenvalue weighted by Crippen LogP contribution is -2.19. The van der Waals surface area contributed by atoms with E-state index in [1.54, 1.807) is 6.07 Å². The van der Waals surface area contributed by atoms with Crippen LogP contribution in [-0.2, 0) is 4.79 Å². The molecule has 0 saturated carbocycles. The third kappa shape index (κ3) is 6.50. The molecule has 0 aliphatic heterocycles. The van der Waals surface area contributed by atoms with Gasteiger partial charge in [-0.1, -0.05) is 11.3 Å². The van der Waals surface area contributed by atoms with Crippen LogP contribution in [0.2, 0.25) is 0 Å². The van der Waals surface area contributed by atoms with Gasteiger partial charge in [-0.15, -0.1) is 12.4 Å². The first-order chi connectivity index (χ1) is 10.7. The minimum Gasteiger partial charge on any atom is -0.484 e. The first-order valence-corrected chi connectivity index (χ1v) is 7.70. The van der Waals surface area contributed by atoms with Crippen LogP contribution >= 0.6 is 23.7 Å². The Bertz CT molecular complexity index is 691. The third-order valence-electron chi connectivity index (χ3n) is 2.84. The lowest BCUT2D eigenvalue weighted by atomic mass is 10.2. The highest BCUT2D eigenvalue weighted by Crippen LogP contribution is 2.30. The Morgan fingerprint density at radius 1 is 1.46 bits per heavy atom. The van der Waals surface area contributed by atoms with Crippen LogP contribution in [-0.4, -0.2) is 29.7 Å². The molecule has 2 rings (SSSR count). The number of carbonyl (C=O) groups excluding carboxylic acids is 1. The zero-order valence-corrected chi connectivity index (χ0v) is 14.4. The van der Waals surface area contributed by atoms with E-state index >= 15 is 0 Å². The number of amides is 1. The van der Waals surface area contributed by atoms with E-state index < -0.39 is 12.8 Å². The molecule has 3 N–H and O–H groups in total. The molecule has 0 aliphatic carbocycles. The Morgan fingerprint density at radius 3 is 2.79 bits per heavy atom. The maximum absolute atomic E-state index is 12.1. The quantitative estimate of drug-likeness (QED) is 0.796. The summed E-state index contributed by atoms with van der Waals surface area (Å²) in [5.41, 5.74) is 6.16. The second kappa shape index (κ2) is 8.50. The van der Waals surface area contributed by atoms with Gasteiger partial charge in [-0.2, -0.15) is 13.2 Å². The number of carbonyl (C=O) groups is 1. The summed E-state index contributed by atoms with van der Waals surface area (Å²) < 4.78 is 41.7. The van der Waals surface area contributed by atoms with Crippen LogP contribution < -0.4 is 15.8 Å². The van der Waals surface area contributed by atoms with E-state index in [1.165, 1.54) is 23.5 Å². The molecule has 1 unspecified atom stereocenters. The van der Waals surface area contributed by atoms with Crippen molar-refractivity contribution in [3.8, 4) is 5.75 Å². The van der Waals surface area contributed by atoms with Crippen molar-refractivity contribution in [1.29, 1.82) is 0 Å². The number of hydrogen-bond acceptors (Lipinski definition) is 5. The Hall–Kier alpha value is -1.58. The molecule has 0 fully saturated rings. The van der Waals surface area contributed by atoms with Crippen LogP contribution in [0.4, 0.5) is 18.3 Å². The van der Waals surface area contributed by atoms with Crippen molar-refractivity contribution < 1.29 is 22.7 Å². The van der Waals surface area contributed by atoms with Gasteiger partial charge in [-0.25, -0.2) is 4.98 Å². The number of hydrogen-bond donors (Lipinski definition) is 2. The predicted octanol–water partition coefficient (Wildman–Crippen LogP) is 3.73. The second-order valence-corrected chi connectivity index (χ2v) is 6.15. The fourth-order valence-corrected chi connectivity index (χ4v) is 2.66. The van der Waals surface area contributed by atoms with Crippen LogP contribution in [0.1, 0.15) is 19.8 Å². The van der Waals surface area contributed by atoms with Crippen molar-refractivity contribution in [1.82, 2.24) is 4.98 Å². The van der Waals surface area contributed by atoms with Crippen LogP contribution in [0.25, 0.3) is 10.2 Å². The van der Waals surface area contributed by atoms with E-state index in [-0.39, 0.29) is 36.5 Å². The number of anilines is 1. The van der Waals surface area contributed by atoms with E-state index in [0.717, 1.165) is 0 Å². The number of benzene rings is 1. The number of aromatic nitrogens is 1. The molecule has 1 aromatic heterocycles. The molecule has 24 heavy (non-hydrogen) atoms. The van der Waals surface area contributed by atoms with Gasteiger partial charge in [0.15, 0.2) is 11.7 Å². The molecule has 134 valence electrons. The maximum Gasteiger partial charge on any atom is 0.422 e. The number of nitrogens with one attached hydrogen (secondary N) is 1. The average Bonchev–Trinajstić information content (AvgIpc) is 2.83. The first kappa shape index (κ1) is 20.5. The molecular formula is C14H17ClF3N3O2S. The van der Waals surface area contributed by atoms with Gasteiger partial charge in [-0.05, 0) is 31.5 Å². The Morgan fingerprint density at radius 2 is 2.17 bits per heavy atom. The Labute approximate surface area is 146 Å². The molecule has 0 radical (unpaired) electrons. The summed E-state index contributed by atoms with van der Waals surface area (Å²) in [5, 5.41) is 3.05. The molecule has 10 heteroatoms. The van der Waals surface area contributed by atoms with Gasteiger partial charge in [-0.3, -0.25) is 4.79 Å². The van der Waals surface area contributed by atoms with E-state index in [4.69, 9.17) is 5.73 Å². The van der Waals surface area contributed by atoms with E-state index in [1.807, 2.05) is 6.92 Å². The summed E-state index contributed by atoms with van der Waals surface area (Å²) in [6, 6.07) is 4.37. The van der Waals surface area contributed by atoms with Gasteiger partial charge in [0.1, 0.15) is 5.75 Å². The third-order valence-corrected chi connectivity index (χ3v) is 3.77. The summed E-state index contributed by atoms with van der Waals surface area (Å²) in [6.07, 6.45) is -3.54. The fraction of sp³-hybridized carbons (Fsp3) is 0.429. The highest BCUT2D eigenvalue weighted by Gasteiger charge is 2.28. The van der Waals surface area contributed by atoms with Crippen molar-refractivity contribution in [3.63, 3.8) is 0 Å². The molecule has 0 bridgehead atoms. The highest BCUT2D eigenvalue weighted by atomic mass is 35.5. The van der Waals surface area contributed by atoms with Gasteiger partial charge >= 0.3 is 6.18 Å². The standard InChI is InChI=1S/C14H16F3N3O2S.ClH/c1-8(18)2-5-12(21)20-13-19-10-4-3-9(6-11(10)23-13)22-7-14(15,16)17;/h3-4,6,8H,2,5,7,18H2,1H3,(H,19,20,21);1H. The molecule has 1 aromatic carbocycles. The van der Waals surface area contributed by atoms with Gasteiger partial charge in [0.05, 0.1) is 10.2 Å². The van der Waals surface area contributed by atoms with E-state index in [2.05, 4.69) is 15.0 Å². The van der Waals surface area contributed by atoms with Gasteiger partial charge in [0.2, 0.25) is 5.91 Å². The summed E-state index contributed by atoms with van der Waals surface area (Å²) in [6.45, 7) is 0.464. The second-order valence-electron chi connectivity index (χ2n) is 5.12. The molecule has 0 saturated heterocycles. The summed E-state index contributed by atoms with van der Waals surface area (Å²) in [5.74, 6) is -0.0943. The largest absolute Gasteiger partial charge is 0.484 e. The van der Waals surface area contributed by atoms with Crippen molar-refractivity contribution in [2.75, 3.05) is 11.9 Å². The number of rotatable bonds is 6. The summed E-state index contributed by atoms with van der Waals surface area (Å²) in [4.78, 5) is 15.9. The smallest absolute Gasteiger partial charge is 0.422 e. The van der Waals surface area contributed by atoms with Crippen LogP contribution in [0.15, 0.2) is 18.2 Å². The summed E-state index contributed by atoms with van der Waals surface area (Å²) in [7, 11) is 0. The minimum atomic E-state index is -4.39. The molecular weight excluding hydrogens is 367 g/mol. The molecule has 5 nitrogen and oxygen atoms in total. The van der Waals surface area contributed by atoms with Crippen LogP contribution in [0.5, 0.6) is 5.75 Å². The van der Waals surface area contributed by atoms with Gasteiger partial charge < -0.3 is 15.8 Å². The van der Waals surface area contributed by atoms with Crippen LogP contribution in [0, 0.1) is 0 Å². The molecule has 1 atom stereocenters. The zero-order chi connectivity index (χ0) is 17.0. The highest BCUT2D eigenvalue weighted by molar-refractivity contribution is 7.22. The number of fused-ring (bicyclic) bond motifs is 1. The topological polar surface area (TPSA) is 77.2 Å². The first-order valence-electron chi connectivity index (χ1n) is 6.88. The molecule has 1 heterocycles. The number of ether oxygens (including phenoxy) is 1. The van der Waals surface area contributed by atoms with Crippen molar-refractivity contribution >= 4 is 45.0 Å². The summed E-state index contributed by atoms with van der Waals surface area (Å²) >= 11 is 1.17.